The normalized spacial score (nSPS) is 11.8. The molecule has 3 nitrogen and oxygen atoms in total. The molecule has 0 atom stereocenters. The maximum Gasteiger partial charge on any atom is 0.143 e. The smallest absolute Gasteiger partial charge is 0.143 e. The van der Waals surface area contributed by atoms with Gasteiger partial charge in [-0.15, -0.1) is 11.3 Å². The lowest BCUT2D eigenvalue weighted by Gasteiger charge is -2.27. The Morgan fingerprint density at radius 1 is 0.385 bits per heavy atom. The maximum absolute atomic E-state index is 6.41. The monoisotopic (exact) mass is 683 g/mol. The van der Waals surface area contributed by atoms with Crippen LogP contribution < -0.4 is 4.90 Å². The molecule has 0 unspecified atom stereocenters. The number of nitrogens with zero attached hydrogens (tertiary/aromatic N) is 1. The van der Waals surface area contributed by atoms with Gasteiger partial charge in [0, 0.05) is 58.7 Å². The van der Waals surface area contributed by atoms with Gasteiger partial charge in [0.25, 0.3) is 0 Å². The van der Waals surface area contributed by atoms with Crippen LogP contribution in [0.4, 0.5) is 17.1 Å². The molecule has 3 aromatic heterocycles. The van der Waals surface area contributed by atoms with Gasteiger partial charge >= 0.3 is 0 Å². The Morgan fingerprint density at radius 2 is 0.962 bits per heavy atom. The largest absolute Gasteiger partial charge is 0.456 e. The summed E-state index contributed by atoms with van der Waals surface area (Å²) in [5.74, 6) is 0. The van der Waals surface area contributed by atoms with Crippen molar-refractivity contribution in [2.45, 2.75) is 0 Å². The van der Waals surface area contributed by atoms with Crippen molar-refractivity contribution in [3.05, 3.63) is 176 Å². The highest BCUT2D eigenvalue weighted by atomic mass is 32.1. The molecular weight excluding hydrogens is 655 g/mol. The molecule has 52 heavy (non-hydrogen) atoms. The molecule has 0 N–H and O–H groups in total. The van der Waals surface area contributed by atoms with Crippen LogP contribution >= 0.6 is 11.3 Å². The first-order chi connectivity index (χ1) is 25.8. The third-order valence-corrected chi connectivity index (χ3v) is 11.4. The van der Waals surface area contributed by atoms with Crippen molar-refractivity contribution in [1.82, 2.24) is 0 Å². The molecule has 0 saturated carbocycles. The molecule has 0 amide bonds. The minimum absolute atomic E-state index is 0.902. The highest BCUT2D eigenvalue weighted by molar-refractivity contribution is 7.26. The van der Waals surface area contributed by atoms with E-state index < -0.39 is 0 Å². The average molecular weight is 684 g/mol. The van der Waals surface area contributed by atoms with Gasteiger partial charge in [-0.05, 0) is 83.4 Å². The van der Waals surface area contributed by atoms with E-state index in [0.29, 0.717) is 0 Å². The van der Waals surface area contributed by atoms with E-state index in [1.807, 2.05) is 35.6 Å². The topological polar surface area (TPSA) is 29.5 Å². The summed E-state index contributed by atoms with van der Waals surface area (Å²) in [7, 11) is 0. The predicted molar refractivity (Wildman–Crippen MR) is 219 cm³/mol. The number of para-hydroxylation sites is 3. The lowest BCUT2D eigenvalue weighted by molar-refractivity contribution is 0.669. The second-order valence-corrected chi connectivity index (χ2v) is 14.4. The molecule has 244 valence electrons. The van der Waals surface area contributed by atoms with Crippen LogP contribution in [0.5, 0.6) is 0 Å². The molecule has 11 rings (SSSR count). The summed E-state index contributed by atoms with van der Waals surface area (Å²) in [5.41, 5.74) is 11.4. The van der Waals surface area contributed by atoms with E-state index in [4.69, 9.17) is 8.83 Å². The van der Waals surface area contributed by atoms with Gasteiger partial charge in [0.2, 0.25) is 0 Å². The van der Waals surface area contributed by atoms with Gasteiger partial charge in [0.15, 0.2) is 0 Å². The molecule has 0 bridgehead atoms. The molecule has 0 aliphatic heterocycles. The number of hydrogen-bond donors (Lipinski definition) is 0. The van der Waals surface area contributed by atoms with Crippen LogP contribution in [0, 0.1) is 0 Å². The Morgan fingerprint density at radius 3 is 1.75 bits per heavy atom. The van der Waals surface area contributed by atoms with E-state index in [1.54, 1.807) is 0 Å². The lowest BCUT2D eigenvalue weighted by Crippen LogP contribution is -2.10. The summed E-state index contributed by atoms with van der Waals surface area (Å²) in [4.78, 5) is 2.39. The van der Waals surface area contributed by atoms with Crippen LogP contribution in [0.25, 0.3) is 86.3 Å². The van der Waals surface area contributed by atoms with Crippen molar-refractivity contribution in [2.75, 3.05) is 4.90 Å². The molecule has 3 heterocycles. The zero-order valence-electron chi connectivity index (χ0n) is 27.9. The number of benzene rings is 8. The van der Waals surface area contributed by atoms with Gasteiger partial charge < -0.3 is 13.7 Å². The van der Waals surface area contributed by atoms with Crippen molar-refractivity contribution in [2.24, 2.45) is 0 Å². The summed E-state index contributed by atoms with van der Waals surface area (Å²) in [5, 5.41) is 7.09. The fraction of sp³-hybridized carbons (Fsp3) is 0. The third-order valence-electron chi connectivity index (χ3n) is 10.3. The second-order valence-electron chi connectivity index (χ2n) is 13.3. The minimum atomic E-state index is 0.902. The Kier molecular flexibility index (Phi) is 6.42. The molecule has 8 aromatic carbocycles. The standard InChI is InChI=1S/C48H29NO2S/c1-4-15-42-36(9-1)38-28-23-32(29-44(38)50-42)30-19-24-33(25-20-30)49(41-14-8-18-46-47(41)40-11-3-6-17-45(40)52-46)34-26-21-31(22-27-34)35-12-7-13-39-37-10-2-5-16-43(37)51-48(35)39/h1-29H. The number of anilines is 3. The van der Waals surface area contributed by atoms with Crippen molar-refractivity contribution in [3.63, 3.8) is 0 Å². The van der Waals surface area contributed by atoms with Crippen molar-refractivity contribution in [3.8, 4) is 22.3 Å². The third kappa shape index (κ3) is 4.51. The molecular formula is C48H29NO2S. The Bertz CT molecular complexity index is 3130. The van der Waals surface area contributed by atoms with Crippen molar-refractivity contribution >= 4 is 92.4 Å². The van der Waals surface area contributed by atoms with Crippen LogP contribution in [-0.2, 0) is 0 Å². The van der Waals surface area contributed by atoms with Crippen molar-refractivity contribution < 1.29 is 8.83 Å². The quantitative estimate of drug-likeness (QED) is 0.181. The summed E-state index contributed by atoms with van der Waals surface area (Å²) >= 11 is 1.84. The molecule has 0 aliphatic carbocycles. The Balaban J connectivity index is 1.04. The molecule has 4 heteroatoms. The van der Waals surface area contributed by atoms with Crippen LogP contribution in [0.2, 0.25) is 0 Å². The average Bonchev–Trinajstić information content (AvgIpc) is 3.90. The Labute approximate surface area is 303 Å². The van der Waals surface area contributed by atoms with Gasteiger partial charge in [-0.2, -0.15) is 0 Å². The first kappa shape index (κ1) is 29.1. The number of rotatable bonds is 5. The maximum atomic E-state index is 6.41. The highest BCUT2D eigenvalue weighted by Gasteiger charge is 2.20. The van der Waals surface area contributed by atoms with Crippen LogP contribution in [0.15, 0.2) is 185 Å². The van der Waals surface area contributed by atoms with E-state index in [9.17, 15) is 0 Å². The van der Waals surface area contributed by atoms with E-state index in [0.717, 1.165) is 83.2 Å². The first-order valence-electron chi connectivity index (χ1n) is 17.5. The van der Waals surface area contributed by atoms with Crippen LogP contribution in [-0.4, -0.2) is 0 Å². The van der Waals surface area contributed by atoms with Crippen molar-refractivity contribution in [1.29, 1.82) is 0 Å². The van der Waals surface area contributed by atoms with E-state index >= 15 is 0 Å². The van der Waals surface area contributed by atoms with Crippen LogP contribution in [0.1, 0.15) is 0 Å². The summed E-state index contributed by atoms with van der Waals surface area (Å²) in [6, 6.07) is 62.6. The van der Waals surface area contributed by atoms with Gasteiger partial charge in [-0.1, -0.05) is 109 Å². The summed E-state index contributed by atoms with van der Waals surface area (Å²) in [6.07, 6.45) is 0. The molecule has 0 spiro atoms. The zero-order valence-corrected chi connectivity index (χ0v) is 28.7. The van der Waals surface area contributed by atoms with E-state index in [1.165, 1.54) is 20.2 Å². The summed E-state index contributed by atoms with van der Waals surface area (Å²) < 4.78 is 15.2. The van der Waals surface area contributed by atoms with E-state index in [2.05, 4.69) is 157 Å². The fourth-order valence-corrected chi connectivity index (χ4v) is 8.97. The molecule has 0 radical (unpaired) electrons. The summed E-state index contributed by atoms with van der Waals surface area (Å²) in [6.45, 7) is 0. The molecule has 0 saturated heterocycles. The lowest BCUT2D eigenvalue weighted by atomic mass is 10.0. The fourth-order valence-electron chi connectivity index (χ4n) is 7.84. The Hall–Kier alpha value is -6.62. The van der Waals surface area contributed by atoms with E-state index in [-0.39, 0.29) is 0 Å². The number of thiophene rings is 1. The van der Waals surface area contributed by atoms with Gasteiger partial charge in [-0.25, -0.2) is 0 Å². The molecule has 0 aliphatic rings. The zero-order chi connectivity index (χ0) is 34.2. The molecule has 11 aromatic rings. The SMILES string of the molecule is c1ccc2c(c1)oc1cc(-c3ccc(N(c4ccc(-c5cccc6c5oc5ccccc56)cc4)c4cccc5sc6ccccc6c45)cc3)ccc12. The second kappa shape index (κ2) is 11.5. The number of furan rings is 2. The van der Waals surface area contributed by atoms with Gasteiger partial charge in [-0.3, -0.25) is 0 Å². The minimum Gasteiger partial charge on any atom is -0.456 e. The number of fused-ring (bicyclic) bond motifs is 9. The molecule has 0 fully saturated rings. The van der Waals surface area contributed by atoms with Crippen LogP contribution in [0.3, 0.4) is 0 Å². The van der Waals surface area contributed by atoms with Gasteiger partial charge in [0.05, 0.1) is 5.69 Å². The first-order valence-corrected chi connectivity index (χ1v) is 18.3. The highest BCUT2D eigenvalue weighted by Crippen LogP contribution is 2.46. The predicted octanol–water partition coefficient (Wildman–Crippen LogP) is 14.7. The van der Waals surface area contributed by atoms with Gasteiger partial charge in [0.1, 0.15) is 22.3 Å². The number of hydrogen-bond acceptors (Lipinski definition) is 4.